The lowest BCUT2D eigenvalue weighted by Crippen LogP contribution is -2.02. The molecule has 0 amide bonds. The number of allylic oxidation sites excluding steroid dienone is 1. The Kier molecular flexibility index (Phi) is 6.84. The van der Waals surface area contributed by atoms with Gasteiger partial charge in [0.05, 0.1) is 6.61 Å². The van der Waals surface area contributed by atoms with Crippen LogP contribution in [-0.4, -0.2) is 24.5 Å². The molecule has 0 spiro atoms. The summed E-state index contributed by atoms with van der Waals surface area (Å²) in [4.78, 5) is 12.5. The van der Waals surface area contributed by atoms with Gasteiger partial charge in [-0.15, -0.1) is 0 Å². The first-order valence-corrected chi connectivity index (χ1v) is 9.06. The van der Waals surface area contributed by atoms with E-state index >= 15 is 0 Å². The van der Waals surface area contributed by atoms with Crippen molar-refractivity contribution >= 4 is 17.5 Å². The van der Waals surface area contributed by atoms with Crippen molar-refractivity contribution in [3.8, 4) is 11.5 Å². The van der Waals surface area contributed by atoms with Gasteiger partial charge in [-0.25, -0.2) is 0 Å². The van der Waals surface area contributed by atoms with Crippen molar-refractivity contribution in [3.05, 3.63) is 58.7 Å². The van der Waals surface area contributed by atoms with Crippen molar-refractivity contribution in [2.75, 3.05) is 19.0 Å². The quantitative estimate of drug-likeness (QED) is 0.526. The van der Waals surface area contributed by atoms with Gasteiger partial charge in [-0.3, -0.25) is 4.79 Å². The van der Waals surface area contributed by atoms with Crippen LogP contribution in [0.5, 0.6) is 11.5 Å². The summed E-state index contributed by atoms with van der Waals surface area (Å²) in [7, 11) is 1.84. The number of anilines is 1. The molecule has 0 bridgehead atoms. The highest BCUT2D eigenvalue weighted by Crippen LogP contribution is 2.36. The van der Waals surface area contributed by atoms with Crippen molar-refractivity contribution in [1.82, 2.24) is 0 Å². The van der Waals surface area contributed by atoms with E-state index in [-0.39, 0.29) is 5.78 Å². The maximum absolute atomic E-state index is 12.5. The Hall–Kier alpha value is -2.75. The van der Waals surface area contributed by atoms with Gasteiger partial charge in [0, 0.05) is 29.4 Å². The summed E-state index contributed by atoms with van der Waals surface area (Å²) in [6, 6.07) is 9.24. The largest absolute Gasteiger partial charge is 0.507 e. The van der Waals surface area contributed by atoms with Crippen LogP contribution in [0.3, 0.4) is 0 Å². The number of aryl methyl sites for hydroxylation is 1. The molecule has 0 fully saturated rings. The minimum absolute atomic E-state index is 0.0701. The maximum Gasteiger partial charge on any atom is 0.185 e. The molecule has 0 aliphatic carbocycles. The molecule has 2 N–H and O–H groups in total. The first-order chi connectivity index (χ1) is 12.5. The third-order valence-corrected chi connectivity index (χ3v) is 4.35. The van der Waals surface area contributed by atoms with Gasteiger partial charge in [0.2, 0.25) is 0 Å². The van der Waals surface area contributed by atoms with E-state index in [1.54, 1.807) is 24.3 Å². The van der Waals surface area contributed by atoms with Crippen molar-refractivity contribution in [2.45, 2.75) is 33.6 Å². The van der Waals surface area contributed by atoms with E-state index in [2.05, 4.69) is 5.32 Å². The summed E-state index contributed by atoms with van der Waals surface area (Å²) in [6.45, 7) is 6.39. The fraction of sp³-hybridized carbons (Fsp3) is 0.318. The molecule has 0 aliphatic rings. The standard InChI is InChI=1S/C22H27NO3/c1-5-15-14-17(22(26-7-3)19(6-2)21(15)25)10-13-20(24)16-8-11-18(23-4)12-9-16/h8-14,23,25H,5-7H2,1-4H3. The van der Waals surface area contributed by atoms with Crippen LogP contribution in [0.25, 0.3) is 6.08 Å². The summed E-state index contributed by atoms with van der Waals surface area (Å²) in [5.41, 5.74) is 4.05. The topological polar surface area (TPSA) is 58.6 Å². The van der Waals surface area contributed by atoms with Crippen LogP contribution in [0.4, 0.5) is 5.69 Å². The number of rotatable bonds is 8. The van der Waals surface area contributed by atoms with E-state index in [1.807, 2.05) is 46.0 Å². The maximum atomic E-state index is 12.5. The Bertz CT molecular complexity index is 792. The summed E-state index contributed by atoms with van der Waals surface area (Å²) < 4.78 is 5.78. The molecule has 2 aromatic carbocycles. The van der Waals surface area contributed by atoms with Gasteiger partial charge in [0.1, 0.15) is 11.5 Å². The molecule has 2 rings (SSSR count). The van der Waals surface area contributed by atoms with E-state index in [4.69, 9.17) is 4.74 Å². The molecule has 0 unspecified atom stereocenters. The average Bonchev–Trinajstić information content (AvgIpc) is 2.67. The number of hydrogen-bond donors (Lipinski definition) is 2. The Balaban J connectivity index is 2.39. The summed E-state index contributed by atoms with van der Waals surface area (Å²) in [5, 5.41) is 13.5. The number of ether oxygens (including phenoxy) is 1. The molecule has 0 saturated heterocycles. The second kappa shape index (κ2) is 9.09. The zero-order valence-electron chi connectivity index (χ0n) is 15.9. The molecule has 0 heterocycles. The number of nitrogens with one attached hydrogen (secondary N) is 1. The normalized spacial score (nSPS) is 10.9. The zero-order valence-corrected chi connectivity index (χ0v) is 15.9. The molecule has 0 aromatic heterocycles. The third kappa shape index (κ3) is 4.26. The Morgan fingerprint density at radius 3 is 2.38 bits per heavy atom. The molecule has 0 radical (unpaired) electrons. The Labute approximate surface area is 155 Å². The summed E-state index contributed by atoms with van der Waals surface area (Å²) >= 11 is 0. The van der Waals surface area contributed by atoms with Crippen LogP contribution >= 0.6 is 0 Å². The fourth-order valence-corrected chi connectivity index (χ4v) is 2.90. The van der Waals surface area contributed by atoms with Crippen LogP contribution in [-0.2, 0) is 12.8 Å². The number of ketones is 1. The summed E-state index contributed by atoms with van der Waals surface area (Å²) in [5.74, 6) is 0.878. The molecule has 0 aliphatic heterocycles. The lowest BCUT2D eigenvalue weighted by molar-refractivity contribution is 0.104. The lowest BCUT2D eigenvalue weighted by atomic mass is 9.98. The van der Waals surface area contributed by atoms with Crippen molar-refractivity contribution in [1.29, 1.82) is 0 Å². The minimum atomic E-state index is -0.0701. The van der Waals surface area contributed by atoms with Gasteiger partial charge in [-0.1, -0.05) is 13.8 Å². The number of phenols is 1. The van der Waals surface area contributed by atoms with Gasteiger partial charge in [0.25, 0.3) is 0 Å². The van der Waals surface area contributed by atoms with Crippen LogP contribution in [0, 0.1) is 0 Å². The molecular weight excluding hydrogens is 326 g/mol. The average molecular weight is 353 g/mol. The molecule has 26 heavy (non-hydrogen) atoms. The van der Waals surface area contributed by atoms with E-state index in [9.17, 15) is 9.90 Å². The Morgan fingerprint density at radius 1 is 1.15 bits per heavy atom. The van der Waals surface area contributed by atoms with Crippen molar-refractivity contribution < 1.29 is 14.6 Å². The molecule has 4 heteroatoms. The van der Waals surface area contributed by atoms with Gasteiger partial charge in [-0.05, 0) is 67.8 Å². The molecule has 2 aromatic rings. The van der Waals surface area contributed by atoms with E-state index in [0.29, 0.717) is 36.5 Å². The van der Waals surface area contributed by atoms with Crippen molar-refractivity contribution in [2.24, 2.45) is 0 Å². The highest BCUT2D eigenvalue weighted by atomic mass is 16.5. The number of aromatic hydroxyl groups is 1. The minimum Gasteiger partial charge on any atom is -0.507 e. The van der Waals surface area contributed by atoms with E-state index in [1.165, 1.54) is 0 Å². The molecule has 0 atom stereocenters. The number of hydrogen-bond acceptors (Lipinski definition) is 4. The number of carbonyl (C=O) groups excluding carboxylic acids is 1. The smallest absolute Gasteiger partial charge is 0.185 e. The highest BCUT2D eigenvalue weighted by molar-refractivity contribution is 6.07. The second-order valence-electron chi connectivity index (χ2n) is 5.95. The van der Waals surface area contributed by atoms with Crippen LogP contribution in [0.2, 0.25) is 0 Å². The second-order valence-corrected chi connectivity index (χ2v) is 5.95. The predicted molar refractivity (Wildman–Crippen MR) is 107 cm³/mol. The first kappa shape index (κ1) is 19.6. The van der Waals surface area contributed by atoms with Gasteiger partial charge in [0.15, 0.2) is 5.78 Å². The Morgan fingerprint density at radius 2 is 1.85 bits per heavy atom. The van der Waals surface area contributed by atoms with Gasteiger partial charge in [-0.2, -0.15) is 0 Å². The van der Waals surface area contributed by atoms with Crippen LogP contribution in [0.1, 0.15) is 47.8 Å². The molecule has 0 saturated carbocycles. The van der Waals surface area contributed by atoms with E-state index in [0.717, 1.165) is 22.4 Å². The molecule has 138 valence electrons. The number of phenolic OH excluding ortho intramolecular Hbond substituents is 1. The third-order valence-electron chi connectivity index (χ3n) is 4.35. The van der Waals surface area contributed by atoms with Crippen LogP contribution in [0.15, 0.2) is 36.4 Å². The first-order valence-electron chi connectivity index (χ1n) is 9.06. The summed E-state index contributed by atoms with van der Waals surface area (Å²) in [6.07, 6.45) is 4.71. The van der Waals surface area contributed by atoms with E-state index < -0.39 is 0 Å². The SMILES string of the molecule is CCOc1c(C=CC(=O)c2ccc(NC)cc2)cc(CC)c(O)c1CC. The molecular formula is C22H27NO3. The lowest BCUT2D eigenvalue weighted by Gasteiger charge is -2.16. The van der Waals surface area contributed by atoms with Crippen molar-refractivity contribution in [3.63, 3.8) is 0 Å². The fourth-order valence-electron chi connectivity index (χ4n) is 2.90. The van der Waals surface area contributed by atoms with Gasteiger partial charge >= 0.3 is 0 Å². The monoisotopic (exact) mass is 353 g/mol. The van der Waals surface area contributed by atoms with Crippen LogP contribution < -0.4 is 10.1 Å². The zero-order chi connectivity index (χ0) is 19.1. The van der Waals surface area contributed by atoms with Gasteiger partial charge < -0.3 is 15.2 Å². The predicted octanol–water partition coefficient (Wildman–Crippen LogP) is 4.85. The highest BCUT2D eigenvalue weighted by Gasteiger charge is 2.16. The molecule has 4 nitrogen and oxygen atoms in total. The number of benzene rings is 2. The number of carbonyl (C=O) groups is 1.